The molecule has 1 aromatic heterocycles. The number of halogens is 1. The Balaban J connectivity index is 2.18. The summed E-state index contributed by atoms with van der Waals surface area (Å²) < 4.78 is 0.875. The Morgan fingerprint density at radius 3 is 2.81 bits per heavy atom. The van der Waals surface area contributed by atoms with Crippen molar-refractivity contribution in [3.05, 3.63) is 21.3 Å². The maximum Gasteiger partial charge on any atom is 0.0931 e. The van der Waals surface area contributed by atoms with Gasteiger partial charge < -0.3 is 10.6 Å². The van der Waals surface area contributed by atoms with Gasteiger partial charge in [-0.15, -0.1) is 11.3 Å². The van der Waals surface area contributed by atoms with Crippen LogP contribution in [0.25, 0.3) is 0 Å². The summed E-state index contributed by atoms with van der Waals surface area (Å²) in [6.45, 7) is 5.12. The normalized spacial score (nSPS) is 13.3. The van der Waals surface area contributed by atoms with Gasteiger partial charge in [0.1, 0.15) is 0 Å². The number of nitrogens with two attached hydrogens (primary N) is 1. The van der Waals surface area contributed by atoms with Crippen molar-refractivity contribution in [3.63, 3.8) is 0 Å². The molecule has 0 aliphatic carbocycles. The minimum absolute atomic E-state index is 0.643. The highest BCUT2D eigenvalue weighted by Gasteiger charge is 2.04. The SMILES string of the molecule is CC(CN)CCCN(C)Cc1ccc(Cl)s1. The van der Waals surface area contributed by atoms with E-state index in [-0.39, 0.29) is 0 Å². The van der Waals surface area contributed by atoms with Crippen LogP contribution in [0.15, 0.2) is 12.1 Å². The summed E-state index contributed by atoms with van der Waals surface area (Å²) in [7, 11) is 2.15. The van der Waals surface area contributed by atoms with Crippen LogP contribution in [0.4, 0.5) is 0 Å². The summed E-state index contributed by atoms with van der Waals surface area (Å²) in [5.41, 5.74) is 5.59. The lowest BCUT2D eigenvalue weighted by Crippen LogP contribution is -2.20. The fraction of sp³-hybridized carbons (Fsp3) is 0.667. The molecule has 2 nitrogen and oxygen atoms in total. The van der Waals surface area contributed by atoms with Crippen LogP contribution in [-0.4, -0.2) is 25.0 Å². The maximum atomic E-state index is 5.89. The minimum atomic E-state index is 0.643. The highest BCUT2D eigenvalue weighted by molar-refractivity contribution is 7.16. The van der Waals surface area contributed by atoms with Gasteiger partial charge in [-0.3, -0.25) is 0 Å². The highest BCUT2D eigenvalue weighted by atomic mass is 35.5. The molecule has 0 aromatic carbocycles. The van der Waals surface area contributed by atoms with E-state index in [1.54, 1.807) is 11.3 Å². The first-order chi connectivity index (χ1) is 7.61. The summed E-state index contributed by atoms with van der Waals surface area (Å²) in [4.78, 5) is 3.67. The first-order valence-corrected chi connectivity index (χ1v) is 6.94. The van der Waals surface area contributed by atoms with E-state index in [4.69, 9.17) is 17.3 Å². The van der Waals surface area contributed by atoms with E-state index in [1.165, 1.54) is 17.7 Å². The summed E-state index contributed by atoms with van der Waals surface area (Å²) in [5, 5.41) is 0. The van der Waals surface area contributed by atoms with Crippen LogP contribution in [0, 0.1) is 5.92 Å². The smallest absolute Gasteiger partial charge is 0.0931 e. The molecule has 1 rings (SSSR count). The standard InChI is InChI=1S/C12H21ClN2S/c1-10(8-14)4-3-7-15(2)9-11-5-6-12(13)16-11/h5-6,10H,3-4,7-9,14H2,1-2H3. The lowest BCUT2D eigenvalue weighted by atomic mass is 10.1. The number of rotatable bonds is 7. The number of hydrogen-bond donors (Lipinski definition) is 1. The van der Waals surface area contributed by atoms with Crippen LogP contribution >= 0.6 is 22.9 Å². The van der Waals surface area contributed by atoms with Gasteiger partial charge in [0.2, 0.25) is 0 Å². The van der Waals surface area contributed by atoms with Crippen molar-refractivity contribution in [2.45, 2.75) is 26.3 Å². The van der Waals surface area contributed by atoms with Crippen LogP contribution in [0.1, 0.15) is 24.6 Å². The number of hydrogen-bond acceptors (Lipinski definition) is 3. The van der Waals surface area contributed by atoms with Crippen molar-refractivity contribution >= 4 is 22.9 Å². The van der Waals surface area contributed by atoms with Gasteiger partial charge in [-0.2, -0.15) is 0 Å². The fourth-order valence-corrected chi connectivity index (χ4v) is 2.78. The van der Waals surface area contributed by atoms with Gasteiger partial charge in [-0.25, -0.2) is 0 Å². The van der Waals surface area contributed by atoms with Crippen molar-refractivity contribution in [2.75, 3.05) is 20.1 Å². The van der Waals surface area contributed by atoms with Crippen molar-refractivity contribution in [1.82, 2.24) is 4.90 Å². The Hall–Kier alpha value is -0.0900. The molecule has 0 bridgehead atoms. The molecule has 0 saturated heterocycles. The van der Waals surface area contributed by atoms with Gasteiger partial charge in [0.05, 0.1) is 4.34 Å². The summed E-state index contributed by atoms with van der Waals surface area (Å²) in [6.07, 6.45) is 2.43. The quantitative estimate of drug-likeness (QED) is 0.816. The molecule has 16 heavy (non-hydrogen) atoms. The predicted octanol–water partition coefficient (Wildman–Crippen LogP) is 3.21. The van der Waals surface area contributed by atoms with Crippen molar-refractivity contribution in [2.24, 2.45) is 11.7 Å². The predicted molar refractivity (Wildman–Crippen MR) is 73.1 cm³/mol. The van der Waals surface area contributed by atoms with Gasteiger partial charge in [0.15, 0.2) is 0 Å². The molecule has 1 aromatic rings. The monoisotopic (exact) mass is 260 g/mol. The van der Waals surface area contributed by atoms with Crippen molar-refractivity contribution in [1.29, 1.82) is 0 Å². The molecular weight excluding hydrogens is 240 g/mol. The second-order valence-electron chi connectivity index (χ2n) is 4.43. The molecule has 0 spiro atoms. The molecule has 1 heterocycles. The highest BCUT2D eigenvalue weighted by Crippen LogP contribution is 2.22. The maximum absolute atomic E-state index is 5.89. The van der Waals surface area contributed by atoms with Crippen LogP contribution in [0.3, 0.4) is 0 Å². The van der Waals surface area contributed by atoms with E-state index < -0.39 is 0 Å². The third-order valence-electron chi connectivity index (χ3n) is 2.69. The Bertz CT molecular complexity index is 301. The number of nitrogens with zero attached hydrogens (tertiary/aromatic N) is 1. The largest absolute Gasteiger partial charge is 0.330 e. The molecule has 0 fully saturated rings. The molecule has 0 aliphatic heterocycles. The third kappa shape index (κ3) is 5.30. The minimum Gasteiger partial charge on any atom is -0.330 e. The van der Waals surface area contributed by atoms with Gasteiger partial charge in [0.25, 0.3) is 0 Å². The molecule has 1 atom stereocenters. The van der Waals surface area contributed by atoms with Crippen LogP contribution in [-0.2, 0) is 6.54 Å². The first kappa shape index (κ1) is 14.0. The van der Waals surface area contributed by atoms with Gasteiger partial charge in [-0.05, 0) is 51.0 Å². The van der Waals surface area contributed by atoms with E-state index in [0.717, 1.165) is 24.0 Å². The summed E-state index contributed by atoms with van der Waals surface area (Å²) in [5.74, 6) is 0.643. The van der Waals surface area contributed by atoms with Crippen molar-refractivity contribution < 1.29 is 0 Å². The molecule has 1 unspecified atom stereocenters. The Labute approximate surface area is 107 Å². The molecule has 0 saturated carbocycles. The van der Waals surface area contributed by atoms with Crippen LogP contribution in [0.2, 0.25) is 4.34 Å². The molecular formula is C12H21ClN2S. The zero-order chi connectivity index (χ0) is 12.0. The average molecular weight is 261 g/mol. The van der Waals surface area contributed by atoms with E-state index in [0.29, 0.717) is 5.92 Å². The first-order valence-electron chi connectivity index (χ1n) is 5.74. The zero-order valence-corrected chi connectivity index (χ0v) is 11.7. The van der Waals surface area contributed by atoms with Gasteiger partial charge >= 0.3 is 0 Å². The van der Waals surface area contributed by atoms with E-state index in [1.807, 2.05) is 6.07 Å². The third-order valence-corrected chi connectivity index (χ3v) is 3.91. The Morgan fingerprint density at radius 2 is 2.25 bits per heavy atom. The second-order valence-corrected chi connectivity index (χ2v) is 6.23. The van der Waals surface area contributed by atoms with E-state index in [2.05, 4.69) is 24.9 Å². The summed E-state index contributed by atoms with van der Waals surface area (Å²) >= 11 is 7.56. The molecule has 2 N–H and O–H groups in total. The van der Waals surface area contributed by atoms with Gasteiger partial charge in [-0.1, -0.05) is 18.5 Å². The summed E-state index contributed by atoms with van der Waals surface area (Å²) in [6, 6.07) is 4.07. The molecule has 92 valence electrons. The zero-order valence-electron chi connectivity index (χ0n) is 10.1. The van der Waals surface area contributed by atoms with Crippen LogP contribution in [0.5, 0.6) is 0 Å². The molecule has 0 aliphatic rings. The Kier molecular flexibility index (Phi) is 6.36. The second kappa shape index (κ2) is 7.28. The Morgan fingerprint density at radius 1 is 1.50 bits per heavy atom. The molecule has 0 amide bonds. The molecule has 0 radical (unpaired) electrons. The lowest BCUT2D eigenvalue weighted by molar-refractivity contribution is 0.311. The van der Waals surface area contributed by atoms with E-state index in [9.17, 15) is 0 Å². The van der Waals surface area contributed by atoms with Gasteiger partial charge in [0, 0.05) is 11.4 Å². The van der Waals surface area contributed by atoms with Crippen molar-refractivity contribution in [3.8, 4) is 0 Å². The van der Waals surface area contributed by atoms with Crippen LogP contribution < -0.4 is 5.73 Å². The average Bonchev–Trinajstić information content (AvgIpc) is 2.63. The topological polar surface area (TPSA) is 29.3 Å². The molecule has 4 heteroatoms. The fourth-order valence-electron chi connectivity index (χ4n) is 1.61. The van der Waals surface area contributed by atoms with E-state index >= 15 is 0 Å². The lowest BCUT2D eigenvalue weighted by Gasteiger charge is -2.16. The number of thiophene rings is 1.